The van der Waals surface area contributed by atoms with Crippen molar-refractivity contribution in [2.45, 2.75) is 32.9 Å². The minimum atomic E-state index is -0.639. The molecule has 0 fully saturated rings. The summed E-state index contributed by atoms with van der Waals surface area (Å²) in [6.07, 6.45) is -0.639. The first kappa shape index (κ1) is 14.0. The highest BCUT2D eigenvalue weighted by Crippen LogP contribution is 2.16. The van der Waals surface area contributed by atoms with Crippen LogP contribution in [0.1, 0.15) is 26.3 Å². The molecule has 0 heterocycles. The summed E-state index contributed by atoms with van der Waals surface area (Å²) >= 11 is 0. The van der Waals surface area contributed by atoms with Crippen molar-refractivity contribution in [2.75, 3.05) is 5.32 Å². The lowest BCUT2D eigenvalue weighted by Crippen LogP contribution is -2.27. The van der Waals surface area contributed by atoms with E-state index in [4.69, 9.17) is 11.3 Å². The molecule has 0 aliphatic rings. The van der Waals surface area contributed by atoms with Gasteiger partial charge in [0.15, 0.2) is 0 Å². The molecular weight excluding hydrogens is 235 g/mol. The van der Waals surface area contributed by atoms with E-state index in [1.165, 1.54) is 18.2 Å². The second-order valence-corrected chi connectivity index (χ2v) is 4.75. The number of nitrogens with one attached hydrogen (secondary N) is 1. The molecule has 0 spiro atoms. The zero-order chi connectivity index (χ0) is 13.8. The molecule has 0 saturated heterocycles. The number of ether oxygens (including phenoxy) is 1. The van der Waals surface area contributed by atoms with Crippen molar-refractivity contribution in [1.82, 2.24) is 0 Å². The van der Waals surface area contributed by atoms with Gasteiger partial charge in [0.2, 0.25) is 6.54 Å². The molecule has 0 aromatic heterocycles. The van der Waals surface area contributed by atoms with E-state index in [0.717, 1.165) is 0 Å². The van der Waals surface area contributed by atoms with Gasteiger partial charge in [-0.05, 0) is 39.0 Å². The SMILES string of the molecule is [C-]#[N+]Cc1ccc(NC(=O)OC(C)(C)C)cc1F. The van der Waals surface area contributed by atoms with Crippen LogP contribution in [0.3, 0.4) is 0 Å². The smallest absolute Gasteiger partial charge is 0.412 e. The normalized spacial score (nSPS) is 10.6. The number of anilines is 1. The summed E-state index contributed by atoms with van der Waals surface area (Å²) in [5.41, 5.74) is 0.00219. The molecule has 0 radical (unpaired) electrons. The van der Waals surface area contributed by atoms with Crippen molar-refractivity contribution < 1.29 is 13.9 Å². The number of carbonyl (C=O) groups excluding carboxylic acids is 1. The Morgan fingerprint density at radius 3 is 2.67 bits per heavy atom. The largest absolute Gasteiger partial charge is 0.444 e. The van der Waals surface area contributed by atoms with Crippen LogP contribution in [-0.2, 0) is 11.3 Å². The highest BCUT2D eigenvalue weighted by Gasteiger charge is 2.16. The van der Waals surface area contributed by atoms with Crippen LogP contribution >= 0.6 is 0 Å². The molecule has 1 amide bonds. The van der Waals surface area contributed by atoms with Gasteiger partial charge in [-0.15, -0.1) is 0 Å². The summed E-state index contributed by atoms with van der Waals surface area (Å²) in [6.45, 7) is 11.9. The predicted octanol–water partition coefficient (Wildman–Crippen LogP) is 3.59. The Hall–Kier alpha value is -2.09. The van der Waals surface area contributed by atoms with Gasteiger partial charge in [0.1, 0.15) is 11.4 Å². The maximum atomic E-state index is 13.5. The molecule has 0 aliphatic carbocycles. The average molecular weight is 250 g/mol. The van der Waals surface area contributed by atoms with Gasteiger partial charge in [0, 0.05) is 5.69 Å². The van der Waals surface area contributed by atoms with Crippen LogP contribution in [0.4, 0.5) is 14.9 Å². The monoisotopic (exact) mass is 250 g/mol. The number of halogens is 1. The molecule has 1 rings (SSSR count). The van der Waals surface area contributed by atoms with Crippen molar-refractivity contribution in [1.29, 1.82) is 0 Å². The molecule has 18 heavy (non-hydrogen) atoms. The first-order chi connectivity index (χ1) is 8.31. The van der Waals surface area contributed by atoms with Gasteiger partial charge in [0.25, 0.3) is 0 Å². The van der Waals surface area contributed by atoms with Gasteiger partial charge in [-0.2, -0.15) is 0 Å². The second-order valence-electron chi connectivity index (χ2n) is 4.75. The zero-order valence-corrected chi connectivity index (χ0v) is 10.6. The van der Waals surface area contributed by atoms with Crippen molar-refractivity contribution in [3.05, 3.63) is 41.0 Å². The fourth-order valence-electron chi connectivity index (χ4n) is 1.26. The van der Waals surface area contributed by atoms with Crippen LogP contribution in [-0.4, -0.2) is 11.7 Å². The molecule has 4 nitrogen and oxygen atoms in total. The van der Waals surface area contributed by atoms with E-state index in [9.17, 15) is 9.18 Å². The fraction of sp³-hybridized carbons (Fsp3) is 0.385. The van der Waals surface area contributed by atoms with Crippen molar-refractivity contribution in [2.24, 2.45) is 0 Å². The van der Waals surface area contributed by atoms with Gasteiger partial charge >= 0.3 is 6.09 Å². The molecule has 0 bridgehead atoms. The summed E-state index contributed by atoms with van der Waals surface area (Å²) in [4.78, 5) is 14.5. The molecule has 96 valence electrons. The highest BCUT2D eigenvalue weighted by atomic mass is 19.1. The first-order valence-electron chi connectivity index (χ1n) is 5.43. The van der Waals surface area contributed by atoms with E-state index in [-0.39, 0.29) is 6.54 Å². The first-order valence-corrected chi connectivity index (χ1v) is 5.43. The van der Waals surface area contributed by atoms with Crippen LogP contribution in [0, 0.1) is 12.4 Å². The van der Waals surface area contributed by atoms with Gasteiger partial charge in [0.05, 0.1) is 5.56 Å². The van der Waals surface area contributed by atoms with Crippen LogP contribution < -0.4 is 5.32 Å². The van der Waals surface area contributed by atoms with E-state index < -0.39 is 17.5 Å². The molecule has 1 aromatic carbocycles. The standard InChI is InChI=1S/C13H15FN2O2/c1-13(2,3)18-12(17)16-10-6-5-9(8-15-4)11(14)7-10/h5-7H,8H2,1-3H3,(H,16,17). The zero-order valence-electron chi connectivity index (χ0n) is 10.6. The highest BCUT2D eigenvalue weighted by molar-refractivity contribution is 5.84. The lowest BCUT2D eigenvalue weighted by molar-refractivity contribution is 0.0636. The lowest BCUT2D eigenvalue weighted by Gasteiger charge is -2.19. The van der Waals surface area contributed by atoms with Gasteiger partial charge in [-0.3, -0.25) is 5.32 Å². The molecule has 0 saturated carbocycles. The van der Waals surface area contributed by atoms with Crippen molar-refractivity contribution in [3.8, 4) is 0 Å². The Bertz CT molecular complexity index is 487. The van der Waals surface area contributed by atoms with Crippen molar-refractivity contribution in [3.63, 3.8) is 0 Å². The number of amides is 1. The number of hydrogen-bond donors (Lipinski definition) is 1. The number of rotatable bonds is 2. The molecular formula is C13H15FN2O2. The molecule has 0 atom stereocenters. The number of hydrogen-bond acceptors (Lipinski definition) is 2. The quantitative estimate of drug-likeness (QED) is 0.815. The third-order valence-electron chi connectivity index (χ3n) is 1.95. The van der Waals surface area contributed by atoms with E-state index in [1.807, 2.05) is 0 Å². The van der Waals surface area contributed by atoms with E-state index in [0.29, 0.717) is 11.3 Å². The summed E-state index contributed by atoms with van der Waals surface area (Å²) in [5.74, 6) is -0.514. The van der Waals surface area contributed by atoms with Crippen LogP contribution in [0.2, 0.25) is 0 Å². The van der Waals surface area contributed by atoms with Crippen LogP contribution in [0.25, 0.3) is 4.85 Å². The predicted molar refractivity (Wildman–Crippen MR) is 66.6 cm³/mol. The van der Waals surface area contributed by atoms with Gasteiger partial charge in [-0.25, -0.2) is 15.8 Å². The number of nitrogens with zero attached hydrogens (tertiary/aromatic N) is 1. The Kier molecular flexibility index (Phi) is 4.27. The average Bonchev–Trinajstić information content (AvgIpc) is 2.19. The molecule has 1 aromatic rings. The Balaban J connectivity index is 2.72. The third-order valence-corrected chi connectivity index (χ3v) is 1.95. The van der Waals surface area contributed by atoms with Crippen LogP contribution in [0.15, 0.2) is 18.2 Å². The fourth-order valence-corrected chi connectivity index (χ4v) is 1.26. The van der Waals surface area contributed by atoms with E-state index in [1.54, 1.807) is 20.8 Å². The van der Waals surface area contributed by atoms with Crippen molar-refractivity contribution >= 4 is 11.8 Å². The van der Waals surface area contributed by atoms with E-state index in [2.05, 4.69) is 10.2 Å². The topological polar surface area (TPSA) is 42.7 Å². The summed E-state index contributed by atoms with van der Waals surface area (Å²) in [6, 6.07) is 4.18. The van der Waals surface area contributed by atoms with Gasteiger partial charge in [-0.1, -0.05) is 0 Å². The summed E-state index contributed by atoms with van der Waals surface area (Å²) in [7, 11) is 0. The minimum absolute atomic E-state index is 0.0153. The summed E-state index contributed by atoms with van der Waals surface area (Å²) in [5, 5.41) is 2.43. The Morgan fingerprint density at radius 2 is 2.17 bits per heavy atom. The third kappa shape index (κ3) is 4.42. The molecule has 0 unspecified atom stereocenters. The van der Waals surface area contributed by atoms with E-state index >= 15 is 0 Å². The summed E-state index contributed by atoms with van der Waals surface area (Å²) < 4.78 is 18.5. The molecule has 0 aliphatic heterocycles. The maximum absolute atomic E-state index is 13.5. The number of carbonyl (C=O) groups is 1. The Morgan fingerprint density at radius 1 is 1.50 bits per heavy atom. The second kappa shape index (κ2) is 5.50. The minimum Gasteiger partial charge on any atom is -0.444 e. The molecule has 1 N–H and O–H groups in total. The Labute approximate surface area is 106 Å². The van der Waals surface area contributed by atoms with Gasteiger partial charge < -0.3 is 9.58 Å². The maximum Gasteiger partial charge on any atom is 0.412 e. The van der Waals surface area contributed by atoms with Crippen LogP contribution in [0.5, 0.6) is 0 Å². The lowest BCUT2D eigenvalue weighted by atomic mass is 10.2. The number of benzene rings is 1. The molecule has 5 heteroatoms.